The smallest absolute Gasteiger partial charge is 0.191 e. The fourth-order valence-corrected chi connectivity index (χ4v) is 3.39. The van der Waals surface area contributed by atoms with E-state index in [4.69, 9.17) is 9.47 Å². The average Bonchev–Trinajstić information content (AvgIpc) is 3.18. The van der Waals surface area contributed by atoms with Gasteiger partial charge in [-0.15, -0.1) is 0 Å². The fraction of sp³-hybridized carbons (Fsp3) is 0.304. The first-order chi connectivity index (χ1) is 14.7. The van der Waals surface area contributed by atoms with Gasteiger partial charge in [0.25, 0.3) is 0 Å². The molecule has 1 unspecified atom stereocenters. The molecular formula is C23H27N5O2. The van der Waals surface area contributed by atoms with Gasteiger partial charge in [-0.2, -0.15) is 0 Å². The van der Waals surface area contributed by atoms with Gasteiger partial charge in [-0.3, -0.25) is 4.99 Å². The van der Waals surface area contributed by atoms with Gasteiger partial charge in [-0.1, -0.05) is 36.4 Å². The van der Waals surface area contributed by atoms with Crippen molar-refractivity contribution in [3.05, 3.63) is 77.9 Å². The lowest BCUT2D eigenvalue weighted by Gasteiger charge is -2.27. The molecule has 7 nitrogen and oxygen atoms in total. The normalized spacial score (nSPS) is 15.7. The van der Waals surface area contributed by atoms with Crippen LogP contribution in [0.1, 0.15) is 17.0 Å². The third-order valence-electron chi connectivity index (χ3n) is 5.02. The van der Waals surface area contributed by atoms with E-state index in [1.54, 1.807) is 7.05 Å². The molecule has 7 heteroatoms. The Balaban J connectivity index is 1.28. The minimum Gasteiger partial charge on any atom is -0.486 e. The van der Waals surface area contributed by atoms with Crippen molar-refractivity contribution in [2.75, 3.05) is 20.2 Å². The maximum Gasteiger partial charge on any atom is 0.191 e. The Kier molecular flexibility index (Phi) is 6.17. The predicted octanol–water partition coefficient (Wildman–Crippen LogP) is 2.74. The highest BCUT2D eigenvalue weighted by molar-refractivity contribution is 5.79. The third kappa shape index (κ3) is 4.92. The summed E-state index contributed by atoms with van der Waals surface area (Å²) in [5, 5.41) is 6.69. The zero-order chi connectivity index (χ0) is 20.8. The second-order valence-electron chi connectivity index (χ2n) is 7.23. The van der Waals surface area contributed by atoms with E-state index in [2.05, 4.69) is 49.4 Å². The van der Waals surface area contributed by atoms with E-state index in [0.29, 0.717) is 19.7 Å². The number of guanidine groups is 1. The molecule has 1 aliphatic rings. The first-order valence-corrected chi connectivity index (χ1v) is 10.1. The van der Waals surface area contributed by atoms with Gasteiger partial charge in [0.15, 0.2) is 17.5 Å². The molecule has 0 fully saturated rings. The van der Waals surface area contributed by atoms with Gasteiger partial charge in [-0.05, 0) is 30.2 Å². The number of aromatic nitrogens is 2. The molecule has 2 aromatic carbocycles. The average molecular weight is 406 g/mol. The molecule has 0 radical (unpaired) electrons. The molecule has 0 aliphatic carbocycles. The second-order valence-corrected chi connectivity index (χ2v) is 7.23. The van der Waals surface area contributed by atoms with E-state index in [-0.39, 0.29) is 6.10 Å². The van der Waals surface area contributed by atoms with Crippen LogP contribution in [-0.2, 0) is 13.1 Å². The summed E-state index contributed by atoms with van der Waals surface area (Å²) in [6.07, 6.45) is 3.76. The lowest BCUT2D eigenvalue weighted by atomic mass is 10.1. The molecule has 1 aliphatic heterocycles. The van der Waals surface area contributed by atoms with Gasteiger partial charge in [0, 0.05) is 32.5 Å². The van der Waals surface area contributed by atoms with Crippen LogP contribution in [0.5, 0.6) is 11.5 Å². The van der Waals surface area contributed by atoms with Crippen LogP contribution in [0.15, 0.2) is 65.9 Å². The van der Waals surface area contributed by atoms with Gasteiger partial charge < -0.3 is 24.7 Å². The van der Waals surface area contributed by atoms with Crippen molar-refractivity contribution in [1.82, 2.24) is 20.2 Å². The topological polar surface area (TPSA) is 72.7 Å². The summed E-state index contributed by atoms with van der Waals surface area (Å²) >= 11 is 0. The third-order valence-corrected chi connectivity index (χ3v) is 5.02. The summed E-state index contributed by atoms with van der Waals surface area (Å²) in [5.74, 6) is 3.32. The minimum atomic E-state index is -0.0693. The highest BCUT2D eigenvalue weighted by Crippen LogP contribution is 2.30. The molecule has 0 bridgehead atoms. The molecule has 3 aromatic rings. The van der Waals surface area contributed by atoms with E-state index < -0.39 is 0 Å². The lowest BCUT2D eigenvalue weighted by Crippen LogP contribution is -2.45. The van der Waals surface area contributed by atoms with Crippen molar-refractivity contribution in [3.8, 4) is 11.5 Å². The summed E-state index contributed by atoms with van der Waals surface area (Å²) in [5.41, 5.74) is 2.43. The first kappa shape index (κ1) is 19.8. The van der Waals surface area contributed by atoms with Crippen LogP contribution in [0.4, 0.5) is 0 Å². The number of hydrogen-bond acceptors (Lipinski definition) is 4. The van der Waals surface area contributed by atoms with Crippen LogP contribution in [0.25, 0.3) is 0 Å². The molecule has 30 heavy (non-hydrogen) atoms. The molecule has 0 saturated carbocycles. The van der Waals surface area contributed by atoms with Gasteiger partial charge in [0.2, 0.25) is 0 Å². The van der Waals surface area contributed by atoms with Gasteiger partial charge >= 0.3 is 0 Å². The van der Waals surface area contributed by atoms with E-state index in [0.717, 1.165) is 29.8 Å². The number of ether oxygens (including phenoxy) is 2. The highest BCUT2D eigenvalue weighted by atomic mass is 16.6. The Morgan fingerprint density at radius 1 is 1.13 bits per heavy atom. The Hall–Kier alpha value is -3.48. The highest BCUT2D eigenvalue weighted by Gasteiger charge is 2.20. The molecule has 2 heterocycles. The van der Waals surface area contributed by atoms with Crippen LogP contribution < -0.4 is 20.1 Å². The number of rotatable bonds is 6. The zero-order valence-corrected chi connectivity index (χ0v) is 17.3. The minimum absolute atomic E-state index is 0.0693. The predicted molar refractivity (Wildman–Crippen MR) is 117 cm³/mol. The SMILES string of the molecule is CN=C(NCc1cccc(Cn2ccnc2C)c1)NCC1COc2ccccc2O1. The van der Waals surface area contributed by atoms with E-state index in [1.165, 1.54) is 11.1 Å². The van der Waals surface area contributed by atoms with E-state index >= 15 is 0 Å². The number of imidazole rings is 1. The van der Waals surface area contributed by atoms with Crippen molar-refractivity contribution < 1.29 is 9.47 Å². The molecular weight excluding hydrogens is 378 g/mol. The summed E-state index contributed by atoms with van der Waals surface area (Å²) in [4.78, 5) is 8.60. The molecule has 1 aromatic heterocycles. The van der Waals surface area contributed by atoms with Crippen LogP contribution in [0.3, 0.4) is 0 Å². The molecule has 4 rings (SSSR count). The van der Waals surface area contributed by atoms with Crippen molar-refractivity contribution in [3.63, 3.8) is 0 Å². The monoisotopic (exact) mass is 405 g/mol. The number of benzene rings is 2. The van der Waals surface area contributed by atoms with Crippen LogP contribution >= 0.6 is 0 Å². The Morgan fingerprint density at radius 3 is 2.77 bits per heavy atom. The Labute approximate surface area is 176 Å². The number of fused-ring (bicyclic) bond motifs is 1. The van der Waals surface area contributed by atoms with Crippen LogP contribution in [-0.4, -0.2) is 41.8 Å². The lowest BCUT2D eigenvalue weighted by molar-refractivity contribution is 0.0936. The number of aryl methyl sites for hydroxylation is 1. The summed E-state index contributed by atoms with van der Waals surface area (Å²) in [6, 6.07) is 16.3. The quantitative estimate of drug-likeness (QED) is 0.487. The number of aliphatic imine (C=N–C) groups is 1. The molecule has 1 atom stereocenters. The van der Waals surface area contributed by atoms with E-state index in [1.807, 2.05) is 43.6 Å². The van der Waals surface area contributed by atoms with Gasteiger partial charge in [-0.25, -0.2) is 4.98 Å². The summed E-state index contributed by atoms with van der Waals surface area (Å²) < 4.78 is 13.9. The van der Waals surface area contributed by atoms with Crippen LogP contribution in [0.2, 0.25) is 0 Å². The molecule has 2 N–H and O–H groups in total. The van der Waals surface area contributed by atoms with Crippen molar-refractivity contribution >= 4 is 5.96 Å². The van der Waals surface area contributed by atoms with Gasteiger partial charge in [0.05, 0.1) is 6.54 Å². The first-order valence-electron chi connectivity index (χ1n) is 10.1. The van der Waals surface area contributed by atoms with Crippen LogP contribution in [0, 0.1) is 6.92 Å². The van der Waals surface area contributed by atoms with Crippen molar-refractivity contribution in [2.45, 2.75) is 26.1 Å². The Morgan fingerprint density at radius 2 is 1.97 bits per heavy atom. The maximum absolute atomic E-state index is 5.99. The van der Waals surface area contributed by atoms with E-state index in [9.17, 15) is 0 Å². The van der Waals surface area contributed by atoms with Gasteiger partial charge in [0.1, 0.15) is 18.5 Å². The molecule has 156 valence electrons. The zero-order valence-electron chi connectivity index (χ0n) is 17.3. The molecule has 0 saturated heterocycles. The van der Waals surface area contributed by atoms with Crippen molar-refractivity contribution in [1.29, 1.82) is 0 Å². The molecule has 0 amide bonds. The summed E-state index contributed by atoms with van der Waals surface area (Å²) in [7, 11) is 1.76. The standard InChI is InChI=1S/C23H27N5O2/c1-17-25-10-11-28(17)15-19-7-5-6-18(12-19)13-26-23(24-2)27-14-20-16-29-21-8-3-4-9-22(21)30-20/h3-12,20H,13-16H2,1-2H3,(H2,24,26,27). The largest absolute Gasteiger partial charge is 0.486 e. The molecule has 0 spiro atoms. The number of hydrogen-bond donors (Lipinski definition) is 2. The number of para-hydroxylation sites is 2. The Bertz CT molecular complexity index is 1010. The fourth-order valence-electron chi connectivity index (χ4n) is 3.39. The number of nitrogens with one attached hydrogen (secondary N) is 2. The summed E-state index contributed by atoms with van der Waals surface area (Å²) in [6.45, 7) is 4.62. The number of nitrogens with zero attached hydrogens (tertiary/aromatic N) is 3. The second kappa shape index (κ2) is 9.35. The van der Waals surface area contributed by atoms with Crippen molar-refractivity contribution in [2.24, 2.45) is 4.99 Å². The maximum atomic E-state index is 5.99.